The normalized spacial score (nSPS) is 12.8. The number of methoxy groups -OCH3 is 1. The Morgan fingerprint density at radius 1 is 1.47 bits per heavy atom. The minimum atomic E-state index is -0.796. The molecular weight excluding hydrogens is 220 g/mol. The van der Waals surface area contributed by atoms with Gasteiger partial charge in [-0.05, 0) is 19.9 Å². The summed E-state index contributed by atoms with van der Waals surface area (Å²) in [5.41, 5.74) is 1.36. The number of nitrogens with zero attached hydrogens (tertiary/aromatic N) is 2. The van der Waals surface area contributed by atoms with Crippen molar-refractivity contribution in [2.45, 2.75) is 20.0 Å². The molecule has 0 amide bonds. The zero-order valence-corrected chi connectivity index (χ0v) is 10.4. The smallest absolute Gasteiger partial charge is 0.162 e. The summed E-state index contributed by atoms with van der Waals surface area (Å²) in [6, 6.07) is 1.83. The maximum absolute atomic E-state index is 10.4. The highest BCUT2D eigenvalue weighted by Gasteiger charge is 2.23. The summed E-state index contributed by atoms with van der Waals surface area (Å²) in [4.78, 5) is 0. The Balaban J connectivity index is 2.46. The van der Waals surface area contributed by atoms with Crippen molar-refractivity contribution in [3.05, 3.63) is 35.0 Å². The first kappa shape index (κ1) is 11.7. The zero-order chi connectivity index (χ0) is 12.6. The van der Waals surface area contributed by atoms with Crippen LogP contribution < -0.4 is 4.74 Å². The average Bonchev–Trinajstić information content (AvgIpc) is 2.80. The van der Waals surface area contributed by atoms with Crippen LogP contribution in [0.1, 0.15) is 28.9 Å². The summed E-state index contributed by atoms with van der Waals surface area (Å²) in [5.74, 6) is 2.05. The van der Waals surface area contributed by atoms with Crippen LogP contribution in [-0.4, -0.2) is 22.0 Å². The van der Waals surface area contributed by atoms with Gasteiger partial charge >= 0.3 is 0 Å². The van der Waals surface area contributed by atoms with Gasteiger partial charge in [0, 0.05) is 12.6 Å². The minimum absolute atomic E-state index is 0.568. The van der Waals surface area contributed by atoms with E-state index < -0.39 is 6.10 Å². The van der Waals surface area contributed by atoms with Gasteiger partial charge in [-0.15, -0.1) is 0 Å². The Kier molecular flexibility index (Phi) is 2.93. The highest BCUT2D eigenvalue weighted by atomic mass is 16.5. The van der Waals surface area contributed by atoms with Crippen LogP contribution in [0.4, 0.5) is 0 Å². The lowest BCUT2D eigenvalue weighted by Crippen LogP contribution is -2.08. The molecule has 2 rings (SSSR count). The molecule has 0 aromatic carbocycles. The molecule has 1 N–H and O–H groups in total. The van der Waals surface area contributed by atoms with Gasteiger partial charge < -0.3 is 14.3 Å². The summed E-state index contributed by atoms with van der Waals surface area (Å²) < 4.78 is 12.2. The molecule has 1 unspecified atom stereocenters. The highest BCUT2D eigenvalue weighted by Crippen LogP contribution is 2.32. The fourth-order valence-electron chi connectivity index (χ4n) is 1.97. The van der Waals surface area contributed by atoms with Crippen molar-refractivity contribution in [3.8, 4) is 5.75 Å². The minimum Gasteiger partial charge on any atom is -0.493 e. The number of furan rings is 1. The molecule has 0 bridgehead atoms. The van der Waals surface area contributed by atoms with Gasteiger partial charge in [0.05, 0.1) is 13.3 Å². The SMILES string of the molecule is COc1cnn(C)c1C(O)c1cc(C)oc1C. The maximum Gasteiger partial charge on any atom is 0.162 e. The number of aliphatic hydroxyl groups excluding tert-OH is 1. The Bertz CT molecular complexity index is 528. The van der Waals surface area contributed by atoms with Crippen LogP contribution in [-0.2, 0) is 7.05 Å². The molecule has 0 aliphatic heterocycles. The van der Waals surface area contributed by atoms with Crippen molar-refractivity contribution in [1.82, 2.24) is 9.78 Å². The molecule has 17 heavy (non-hydrogen) atoms. The molecule has 5 nitrogen and oxygen atoms in total. The summed E-state index contributed by atoms with van der Waals surface area (Å²) in [7, 11) is 3.32. The third kappa shape index (κ3) is 1.93. The highest BCUT2D eigenvalue weighted by molar-refractivity contribution is 5.36. The third-order valence-electron chi connectivity index (χ3n) is 2.80. The monoisotopic (exact) mass is 236 g/mol. The second kappa shape index (κ2) is 4.25. The van der Waals surface area contributed by atoms with E-state index >= 15 is 0 Å². The summed E-state index contributed by atoms with van der Waals surface area (Å²) >= 11 is 0. The molecule has 2 aromatic rings. The fourth-order valence-corrected chi connectivity index (χ4v) is 1.97. The topological polar surface area (TPSA) is 60.4 Å². The molecule has 0 aliphatic rings. The predicted octanol–water partition coefficient (Wildman–Crippen LogP) is 1.72. The second-order valence-corrected chi connectivity index (χ2v) is 3.99. The number of ether oxygens (including phenoxy) is 1. The molecule has 0 spiro atoms. The predicted molar refractivity (Wildman–Crippen MR) is 62.0 cm³/mol. The van der Waals surface area contributed by atoms with Gasteiger partial charge in [-0.25, -0.2) is 0 Å². The van der Waals surface area contributed by atoms with Crippen LogP contribution in [0.5, 0.6) is 5.75 Å². The Morgan fingerprint density at radius 2 is 2.18 bits per heavy atom. The van der Waals surface area contributed by atoms with Crippen molar-refractivity contribution >= 4 is 0 Å². The lowest BCUT2D eigenvalue weighted by Gasteiger charge is -2.12. The fraction of sp³-hybridized carbons (Fsp3) is 0.417. The van der Waals surface area contributed by atoms with E-state index in [4.69, 9.17) is 9.15 Å². The molecule has 0 radical (unpaired) electrons. The average molecular weight is 236 g/mol. The number of hydrogen-bond donors (Lipinski definition) is 1. The van der Waals surface area contributed by atoms with Gasteiger partial charge in [-0.2, -0.15) is 5.10 Å². The van der Waals surface area contributed by atoms with Gasteiger partial charge in [-0.1, -0.05) is 0 Å². The van der Waals surface area contributed by atoms with E-state index in [0.717, 1.165) is 11.3 Å². The lowest BCUT2D eigenvalue weighted by molar-refractivity contribution is 0.202. The van der Waals surface area contributed by atoms with Crippen LogP contribution >= 0.6 is 0 Å². The van der Waals surface area contributed by atoms with Gasteiger partial charge in [0.25, 0.3) is 0 Å². The van der Waals surface area contributed by atoms with Crippen molar-refractivity contribution in [2.24, 2.45) is 7.05 Å². The standard InChI is InChI=1S/C12H16N2O3/c1-7-5-9(8(2)17-7)12(15)11-10(16-4)6-13-14(11)3/h5-6,12,15H,1-4H3. The van der Waals surface area contributed by atoms with Gasteiger partial charge in [0.2, 0.25) is 0 Å². The van der Waals surface area contributed by atoms with Crippen LogP contribution in [0.15, 0.2) is 16.7 Å². The van der Waals surface area contributed by atoms with E-state index in [1.807, 2.05) is 19.9 Å². The molecular formula is C12H16N2O3. The summed E-state index contributed by atoms with van der Waals surface area (Å²) in [6.45, 7) is 3.68. The molecule has 1 atom stereocenters. The molecule has 92 valence electrons. The van der Waals surface area contributed by atoms with E-state index in [2.05, 4.69) is 5.10 Å². The van der Waals surface area contributed by atoms with Crippen LogP contribution in [0, 0.1) is 13.8 Å². The molecule has 2 aromatic heterocycles. The summed E-state index contributed by atoms with van der Waals surface area (Å²) in [6.07, 6.45) is 0.788. The molecule has 2 heterocycles. The lowest BCUT2D eigenvalue weighted by atomic mass is 10.1. The quantitative estimate of drug-likeness (QED) is 0.881. The van der Waals surface area contributed by atoms with E-state index in [0.29, 0.717) is 17.2 Å². The van der Waals surface area contributed by atoms with Crippen LogP contribution in [0.3, 0.4) is 0 Å². The van der Waals surface area contributed by atoms with Crippen molar-refractivity contribution in [2.75, 3.05) is 7.11 Å². The van der Waals surface area contributed by atoms with E-state index in [1.165, 1.54) is 0 Å². The maximum atomic E-state index is 10.4. The van der Waals surface area contributed by atoms with Crippen LogP contribution in [0.25, 0.3) is 0 Å². The van der Waals surface area contributed by atoms with E-state index in [9.17, 15) is 5.11 Å². The molecule has 0 fully saturated rings. The first-order valence-corrected chi connectivity index (χ1v) is 5.35. The Morgan fingerprint density at radius 3 is 2.71 bits per heavy atom. The number of aromatic nitrogens is 2. The largest absolute Gasteiger partial charge is 0.493 e. The second-order valence-electron chi connectivity index (χ2n) is 3.99. The van der Waals surface area contributed by atoms with E-state index in [1.54, 1.807) is 25.0 Å². The van der Waals surface area contributed by atoms with E-state index in [-0.39, 0.29) is 0 Å². The van der Waals surface area contributed by atoms with Crippen LogP contribution in [0.2, 0.25) is 0 Å². The zero-order valence-electron chi connectivity index (χ0n) is 10.4. The van der Waals surface area contributed by atoms with Gasteiger partial charge in [-0.3, -0.25) is 4.68 Å². The first-order valence-electron chi connectivity index (χ1n) is 5.35. The first-order chi connectivity index (χ1) is 8.04. The molecule has 0 saturated heterocycles. The molecule has 0 saturated carbocycles. The van der Waals surface area contributed by atoms with Gasteiger partial charge in [0.15, 0.2) is 5.75 Å². The van der Waals surface area contributed by atoms with Gasteiger partial charge in [0.1, 0.15) is 23.3 Å². The third-order valence-corrected chi connectivity index (χ3v) is 2.80. The van der Waals surface area contributed by atoms with Crippen molar-refractivity contribution in [3.63, 3.8) is 0 Å². The Hall–Kier alpha value is -1.75. The number of hydrogen-bond acceptors (Lipinski definition) is 4. The molecule has 0 aliphatic carbocycles. The molecule has 5 heteroatoms. The van der Waals surface area contributed by atoms with Crippen molar-refractivity contribution < 1.29 is 14.3 Å². The van der Waals surface area contributed by atoms with Crippen molar-refractivity contribution in [1.29, 1.82) is 0 Å². The Labute approximate surface area is 99.6 Å². The number of rotatable bonds is 3. The summed E-state index contributed by atoms with van der Waals surface area (Å²) in [5, 5.41) is 14.4. The number of aryl methyl sites for hydroxylation is 3. The number of aliphatic hydroxyl groups is 1.